The van der Waals surface area contributed by atoms with Crippen LogP contribution in [0.25, 0.3) is 0 Å². The van der Waals surface area contributed by atoms with Gasteiger partial charge in [0.1, 0.15) is 0 Å². The number of hydrogen-bond donors (Lipinski definition) is 1. The van der Waals surface area contributed by atoms with Crippen LogP contribution in [0.5, 0.6) is 0 Å². The first-order chi connectivity index (χ1) is 8.83. The van der Waals surface area contributed by atoms with Gasteiger partial charge in [-0.1, -0.05) is 37.0 Å². The van der Waals surface area contributed by atoms with Crippen molar-refractivity contribution in [2.24, 2.45) is 5.92 Å². The SMILES string of the molecule is CC(C)CNCCCS(=O)(=O)c1cc(Cl)ccc1Cl. The lowest BCUT2D eigenvalue weighted by atomic mass is 10.2. The summed E-state index contributed by atoms with van der Waals surface area (Å²) < 4.78 is 24.3. The van der Waals surface area contributed by atoms with Gasteiger partial charge in [0, 0.05) is 5.02 Å². The molecule has 6 heteroatoms. The van der Waals surface area contributed by atoms with Crippen LogP contribution in [0.1, 0.15) is 20.3 Å². The molecule has 0 atom stereocenters. The van der Waals surface area contributed by atoms with Crippen molar-refractivity contribution in [3.8, 4) is 0 Å². The van der Waals surface area contributed by atoms with Gasteiger partial charge in [-0.15, -0.1) is 0 Å². The van der Waals surface area contributed by atoms with Crippen molar-refractivity contribution in [2.75, 3.05) is 18.8 Å². The highest BCUT2D eigenvalue weighted by Crippen LogP contribution is 2.26. The number of sulfone groups is 1. The molecule has 19 heavy (non-hydrogen) atoms. The largest absolute Gasteiger partial charge is 0.316 e. The average molecular weight is 324 g/mol. The van der Waals surface area contributed by atoms with Crippen molar-refractivity contribution in [3.63, 3.8) is 0 Å². The molecule has 0 heterocycles. The highest BCUT2D eigenvalue weighted by Gasteiger charge is 2.18. The Morgan fingerprint density at radius 2 is 1.95 bits per heavy atom. The molecule has 0 aliphatic carbocycles. The molecule has 0 aliphatic rings. The van der Waals surface area contributed by atoms with E-state index < -0.39 is 9.84 Å². The molecule has 0 aliphatic heterocycles. The third-order valence-corrected chi connectivity index (χ3v) is 5.06. The number of hydrogen-bond acceptors (Lipinski definition) is 3. The fourth-order valence-electron chi connectivity index (χ4n) is 1.60. The summed E-state index contributed by atoms with van der Waals surface area (Å²) >= 11 is 11.7. The van der Waals surface area contributed by atoms with E-state index in [1.54, 1.807) is 6.07 Å². The second-order valence-electron chi connectivity index (χ2n) is 4.85. The number of benzene rings is 1. The zero-order chi connectivity index (χ0) is 14.5. The smallest absolute Gasteiger partial charge is 0.179 e. The summed E-state index contributed by atoms with van der Waals surface area (Å²) in [5.41, 5.74) is 0. The second kappa shape index (κ2) is 7.48. The van der Waals surface area contributed by atoms with E-state index in [1.165, 1.54) is 12.1 Å². The predicted molar refractivity (Wildman–Crippen MR) is 80.8 cm³/mol. The molecule has 1 aromatic rings. The Bertz CT molecular complexity index is 515. The van der Waals surface area contributed by atoms with Crippen LogP contribution < -0.4 is 5.32 Å². The summed E-state index contributed by atoms with van der Waals surface area (Å²) in [6, 6.07) is 4.49. The van der Waals surface area contributed by atoms with E-state index in [-0.39, 0.29) is 15.7 Å². The zero-order valence-electron chi connectivity index (χ0n) is 11.1. The first kappa shape index (κ1) is 16.8. The van der Waals surface area contributed by atoms with E-state index in [0.717, 1.165) is 6.54 Å². The maximum atomic E-state index is 12.1. The standard InChI is InChI=1S/C13H19Cl2NO2S/c1-10(2)9-16-6-3-7-19(17,18)13-8-11(14)4-5-12(13)15/h4-5,8,10,16H,3,6-7,9H2,1-2H3. The van der Waals surface area contributed by atoms with Gasteiger partial charge < -0.3 is 5.32 Å². The molecular formula is C13H19Cl2NO2S. The summed E-state index contributed by atoms with van der Waals surface area (Å²) in [4.78, 5) is 0.116. The summed E-state index contributed by atoms with van der Waals surface area (Å²) in [7, 11) is -3.37. The van der Waals surface area contributed by atoms with Gasteiger partial charge in [-0.25, -0.2) is 8.42 Å². The van der Waals surface area contributed by atoms with Crippen molar-refractivity contribution < 1.29 is 8.42 Å². The van der Waals surface area contributed by atoms with E-state index in [9.17, 15) is 8.42 Å². The van der Waals surface area contributed by atoms with E-state index in [2.05, 4.69) is 19.2 Å². The van der Waals surface area contributed by atoms with Crippen molar-refractivity contribution in [2.45, 2.75) is 25.2 Å². The van der Waals surface area contributed by atoms with Crippen LogP contribution in [0, 0.1) is 5.92 Å². The molecule has 0 amide bonds. The van der Waals surface area contributed by atoms with Gasteiger partial charge in [-0.2, -0.15) is 0 Å². The Balaban J connectivity index is 2.59. The Kier molecular flexibility index (Phi) is 6.60. The van der Waals surface area contributed by atoms with Crippen molar-refractivity contribution in [3.05, 3.63) is 28.2 Å². The summed E-state index contributed by atoms with van der Waals surface area (Å²) in [6.45, 7) is 5.78. The lowest BCUT2D eigenvalue weighted by molar-refractivity contribution is 0.546. The van der Waals surface area contributed by atoms with Crippen LogP contribution in [0.4, 0.5) is 0 Å². The highest BCUT2D eigenvalue weighted by molar-refractivity contribution is 7.91. The van der Waals surface area contributed by atoms with Crippen LogP contribution >= 0.6 is 23.2 Å². The van der Waals surface area contributed by atoms with Crippen LogP contribution in [-0.4, -0.2) is 27.3 Å². The number of nitrogens with one attached hydrogen (secondary N) is 1. The lowest BCUT2D eigenvalue weighted by Gasteiger charge is -2.09. The number of rotatable bonds is 7. The molecule has 1 aromatic carbocycles. The second-order valence-corrected chi connectivity index (χ2v) is 7.77. The van der Waals surface area contributed by atoms with Crippen LogP contribution in [0.15, 0.2) is 23.1 Å². The average Bonchev–Trinajstić information content (AvgIpc) is 2.31. The molecule has 1 rings (SSSR count). The predicted octanol–water partition coefficient (Wildman–Crippen LogP) is 3.40. The summed E-state index contributed by atoms with van der Waals surface area (Å²) in [5.74, 6) is 0.622. The molecule has 0 bridgehead atoms. The van der Waals surface area contributed by atoms with E-state index >= 15 is 0 Å². The summed E-state index contributed by atoms with van der Waals surface area (Å²) in [6.07, 6.45) is 0.553. The van der Waals surface area contributed by atoms with E-state index in [0.29, 0.717) is 23.9 Å². The van der Waals surface area contributed by atoms with Crippen molar-refractivity contribution in [1.82, 2.24) is 5.32 Å². The minimum absolute atomic E-state index is 0.0676. The third kappa shape index (κ3) is 5.69. The van der Waals surface area contributed by atoms with Crippen LogP contribution in [0.2, 0.25) is 10.0 Å². The molecular weight excluding hydrogens is 305 g/mol. The molecule has 0 spiro atoms. The quantitative estimate of drug-likeness (QED) is 0.782. The van der Waals surface area contributed by atoms with Gasteiger partial charge in [0.25, 0.3) is 0 Å². The zero-order valence-corrected chi connectivity index (χ0v) is 13.4. The van der Waals surface area contributed by atoms with Gasteiger partial charge in [0.2, 0.25) is 0 Å². The molecule has 0 radical (unpaired) electrons. The Labute approximate surface area is 125 Å². The lowest BCUT2D eigenvalue weighted by Crippen LogP contribution is -2.22. The highest BCUT2D eigenvalue weighted by atomic mass is 35.5. The monoisotopic (exact) mass is 323 g/mol. The fourth-order valence-corrected chi connectivity index (χ4v) is 3.73. The van der Waals surface area contributed by atoms with Crippen molar-refractivity contribution in [1.29, 1.82) is 0 Å². The summed E-state index contributed by atoms with van der Waals surface area (Å²) in [5, 5.41) is 3.81. The maximum Gasteiger partial charge on any atom is 0.179 e. The molecule has 1 N–H and O–H groups in total. The normalized spacial score (nSPS) is 12.1. The van der Waals surface area contributed by atoms with E-state index in [4.69, 9.17) is 23.2 Å². The Morgan fingerprint density at radius 3 is 2.58 bits per heavy atom. The van der Waals surface area contributed by atoms with Gasteiger partial charge in [-0.05, 0) is 43.6 Å². The Morgan fingerprint density at radius 1 is 1.26 bits per heavy atom. The van der Waals surface area contributed by atoms with Gasteiger partial charge in [-0.3, -0.25) is 0 Å². The molecule has 0 saturated carbocycles. The van der Waals surface area contributed by atoms with Crippen molar-refractivity contribution >= 4 is 33.0 Å². The first-order valence-electron chi connectivity index (χ1n) is 6.21. The molecule has 108 valence electrons. The molecule has 0 unspecified atom stereocenters. The molecule has 0 saturated heterocycles. The number of halogens is 2. The fraction of sp³-hybridized carbons (Fsp3) is 0.538. The van der Waals surface area contributed by atoms with Crippen LogP contribution in [0.3, 0.4) is 0 Å². The molecule has 3 nitrogen and oxygen atoms in total. The topological polar surface area (TPSA) is 46.2 Å². The minimum atomic E-state index is -3.37. The van der Waals surface area contributed by atoms with Gasteiger partial charge >= 0.3 is 0 Å². The minimum Gasteiger partial charge on any atom is -0.316 e. The van der Waals surface area contributed by atoms with Crippen LogP contribution in [-0.2, 0) is 9.84 Å². The van der Waals surface area contributed by atoms with E-state index in [1.807, 2.05) is 0 Å². The van der Waals surface area contributed by atoms with Gasteiger partial charge in [0.05, 0.1) is 15.7 Å². The molecule has 0 aromatic heterocycles. The van der Waals surface area contributed by atoms with Gasteiger partial charge in [0.15, 0.2) is 9.84 Å². The first-order valence-corrected chi connectivity index (χ1v) is 8.62. The Hall–Kier alpha value is -0.290. The maximum absolute atomic E-state index is 12.1. The molecule has 0 fully saturated rings. The third-order valence-electron chi connectivity index (χ3n) is 2.55.